The number of nitrogens with zero attached hydrogens (tertiary/aromatic N) is 1. The van der Waals surface area contributed by atoms with E-state index in [1.807, 2.05) is 12.1 Å². The van der Waals surface area contributed by atoms with Crippen molar-refractivity contribution in [3.63, 3.8) is 0 Å². The first-order chi connectivity index (χ1) is 12.7. The Labute approximate surface area is 158 Å². The third-order valence-corrected chi connectivity index (χ3v) is 3.60. The lowest BCUT2D eigenvalue weighted by Crippen LogP contribution is -2.32. The van der Waals surface area contributed by atoms with Crippen LogP contribution >= 0.6 is 0 Å². The average Bonchev–Trinajstić information content (AvgIpc) is 2.64. The maximum atomic E-state index is 11.9. The molecule has 7 nitrogen and oxygen atoms in total. The molecule has 0 fully saturated rings. The Kier molecular flexibility index (Phi) is 6.39. The summed E-state index contributed by atoms with van der Waals surface area (Å²) in [5.74, 6) is 0.177. The molecule has 27 heavy (non-hydrogen) atoms. The van der Waals surface area contributed by atoms with Crippen LogP contribution in [0.25, 0.3) is 11.1 Å². The first-order valence-corrected chi connectivity index (χ1v) is 8.41. The van der Waals surface area contributed by atoms with Gasteiger partial charge in [0.15, 0.2) is 0 Å². The number of benzene rings is 1. The fourth-order valence-electron chi connectivity index (χ4n) is 2.41. The number of ether oxygens (including phenoxy) is 3. The number of carbonyl (C=O) groups excluding carboxylic acids is 2. The number of methoxy groups -OCH3 is 2. The second-order valence-corrected chi connectivity index (χ2v) is 6.84. The Morgan fingerprint density at radius 3 is 2.44 bits per heavy atom. The third kappa shape index (κ3) is 5.70. The summed E-state index contributed by atoms with van der Waals surface area (Å²) in [6.45, 7) is 5.63. The van der Waals surface area contributed by atoms with Gasteiger partial charge >= 0.3 is 12.1 Å². The van der Waals surface area contributed by atoms with E-state index < -0.39 is 17.7 Å². The number of aromatic nitrogens is 1. The van der Waals surface area contributed by atoms with Crippen LogP contribution in [0.2, 0.25) is 0 Å². The molecule has 0 aliphatic rings. The van der Waals surface area contributed by atoms with Gasteiger partial charge in [0.2, 0.25) is 0 Å². The van der Waals surface area contributed by atoms with E-state index in [2.05, 4.69) is 10.3 Å². The lowest BCUT2D eigenvalue weighted by atomic mass is 10.0. The Morgan fingerprint density at radius 2 is 1.81 bits per heavy atom. The van der Waals surface area contributed by atoms with Gasteiger partial charge in [-0.2, -0.15) is 0 Å². The van der Waals surface area contributed by atoms with Gasteiger partial charge < -0.3 is 19.5 Å². The predicted molar refractivity (Wildman–Crippen MR) is 101 cm³/mol. The Hall–Kier alpha value is -3.09. The van der Waals surface area contributed by atoms with Crippen LogP contribution in [0.4, 0.5) is 4.79 Å². The van der Waals surface area contributed by atoms with Gasteiger partial charge in [0.05, 0.1) is 19.8 Å². The van der Waals surface area contributed by atoms with E-state index in [0.29, 0.717) is 11.3 Å². The minimum atomic E-state index is -0.573. The van der Waals surface area contributed by atoms with E-state index in [0.717, 1.165) is 16.7 Å². The van der Waals surface area contributed by atoms with E-state index in [4.69, 9.17) is 14.2 Å². The topological polar surface area (TPSA) is 86.8 Å². The Morgan fingerprint density at radius 1 is 1.07 bits per heavy atom. The first kappa shape index (κ1) is 20.2. The standard InChI is InChI=1S/C20H24N2O5/c1-20(2,3)27-19(24)22-12-15-8-13(6-7-17(15)25-4)14-9-16(11-21-10-14)18(23)26-5/h6-11H,12H2,1-5H3,(H,22,24). The summed E-state index contributed by atoms with van der Waals surface area (Å²) in [5, 5.41) is 2.72. The molecule has 1 amide bonds. The van der Waals surface area contributed by atoms with Crippen molar-refractivity contribution in [3.05, 3.63) is 47.8 Å². The molecule has 2 aromatic rings. The minimum Gasteiger partial charge on any atom is -0.496 e. The molecule has 1 heterocycles. The summed E-state index contributed by atoms with van der Waals surface area (Å²) >= 11 is 0. The average molecular weight is 372 g/mol. The number of hydrogen-bond donors (Lipinski definition) is 1. The predicted octanol–water partition coefficient (Wildman–Crippen LogP) is 3.57. The second-order valence-electron chi connectivity index (χ2n) is 6.84. The van der Waals surface area contributed by atoms with Crippen molar-refractivity contribution in [2.24, 2.45) is 0 Å². The molecular weight excluding hydrogens is 348 g/mol. The van der Waals surface area contributed by atoms with Gasteiger partial charge in [0.25, 0.3) is 0 Å². The molecule has 7 heteroatoms. The molecule has 0 bridgehead atoms. The summed E-state index contributed by atoms with van der Waals surface area (Å²) in [4.78, 5) is 27.7. The molecule has 1 aromatic heterocycles. The number of rotatable bonds is 5. The Balaban J connectivity index is 2.25. The van der Waals surface area contributed by atoms with Crippen LogP contribution in [0, 0.1) is 0 Å². The van der Waals surface area contributed by atoms with Crippen molar-refractivity contribution in [1.29, 1.82) is 0 Å². The second kappa shape index (κ2) is 8.53. The molecule has 144 valence electrons. The molecule has 0 unspecified atom stereocenters. The number of alkyl carbamates (subject to hydrolysis) is 1. The van der Waals surface area contributed by atoms with E-state index in [9.17, 15) is 9.59 Å². The fraction of sp³-hybridized carbons (Fsp3) is 0.350. The van der Waals surface area contributed by atoms with E-state index >= 15 is 0 Å². The lowest BCUT2D eigenvalue weighted by molar-refractivity contribution is 0.0522. The molecule has 0 aliphatic carbocycles. The molecule has 0 saturated carbocycles. The number of hydrogen-bond acceptors (Lipinski definition) is 6. The van der Waals surface area contributed by atoms with Gasteiger partial charge in [0, 0.05) is 30.1 Å². The molecule has 2 rings (SSSR count). The highest BCUT2D eigenvalue weighted by Crippen LogP contribution is 2.27. The summed E-state index contributed by atoms with van der Waals surface area (Å²) < 4.78 is 15.3. The molecular formula is C20H24N2O5. The van der Waals surface area contributed by atoms with E-state index in [-0.39, 0.29) is 6.54 Å². The fourth-order valence-corrected chi connectivity index (χ4v) is 2.41. The van der Waals surface area contributed by atoms with Crippen LogP contribution in [0.3, 0.4) is 0 Å². The monoisotopic (exact) mass is 372 g/mol. The number of amides is 1. The summed E-state index contributed by atoms with van der Waals surface area (Å²) in [6.07, 6.45) is 2.59. The zero-order valence-corrected chi connectivity index (χ0v) is 16.2. The van der Waals surface area contributed by atoms with Crippen LogP contribution in [0.1, 0.15) is 36.7 Å². The van der Waals surface area contributed by atoms with Crippen LogP contribution in [-0.4, -0.2) is 36.9 Å². The maximum absolute atomic E-state index is 11.9. The van der Waals surface area contributed by atoms with Crippen molar-refractivity contribution >= 4 is 12.1 Å². The largest absolute Gasteiger partial charge is 0.496 e. The molecule has 0 saturated heterocycles. The van der Waals surface area contributed by atoms with Crippen molar-refractivity contribution in [2.45, 2.75) is 32.9 Å². The third-order valence-electron chi connectivity index (χ3n) is 3.60. The summed E-state index contributed by atoms with van der Waals surface area (Å²) in [5.41, 5.74) is 2.13. The van der Waals surface area contributed by atoms with Crippen molar-refractivity contribution < 1.29 is 23.8 Å². The van der Waals surface area contributed by atoms with Crippen molar-refractivity contribution in [2.75, 3.05) is 14.2 Å². The molecule has 0 atom stereocenters. The highest BCUT2D eigenvalue weighted by molar-refractivity contribution is 5.90. The van der Waals surface area contributed by atoms with E-state index in [1.54, 1.807) is 46.2 Å². The van der Waals surface area contributed by atoms with Crippen LogP contribution < -0.4 is 10.1 Å². The smallest absolute Gasteiger partial charge is 0.407 e. The highest BCUT2D eigenvalue weighted by atomic mass is 16.6. The van der Waals surface area contributed by atoms with Crippen molar-refractivity contribution in [3.8, 4) is 16.9 Å². The van der Waals surface area contributed by atoms with Gasteiger partial charge in [-0.15, -0.1) is 0 Å². The van der Waals surface area contributed by atoms with Crippen LogP contribution in [0.15, 0.2) is 36.7 Å². The molecule has 0 spiro atoms. The highest BCUT2D eigenvalue weighted by Gasteiger charge is 2.16. The number of carbonyl (C=O) groups is 2. The summed E-state index contributed by atoms with van der Waals surface area (Å²) in [6, 6.07) is 7.22. The zero-order valence-electron chi connectivity index (χ0n) is 16.2. The van der Waals surface area contributed by atoms with Gasteiger partial charge in [-0.1, -0.05) is 6.07 Å². The van der Waals surface area contributed by atoms with Gasteiger partial charge in [-0.05, 0) is 44.5 Å². The van der Waals surface area contributed by atoms with Gasteiger partial charge in [0.1, 0.15) is 11.4 Å². The zero-order chi connectivity index (χ0) is 20.0. The minimum absolute atomic E-state index is 0.232. The number of nitrogens with one attached hydrogen (secondary N) is 1. The van der Waals surface area contributed by atoms with E-state index in [1.165, 1.54) is 13.3 Å². The first-order valence-electron chi connectivity index (χ1n) is 8.41. The van der Waals surface area contributed by atoms with Gasteiger partial charge in [-0.25, -0.2) is 9.59 Å². The quantitative estimate of drug-likeness (QED) is 0.808. The summed E-state index contributed by atoms with van der Waals surface area (Å²) in [7, 11) is 2.88. The Bertz CT molecular complexity index is 827. The number of pyridine rings is 1. The lowest BCUT2D eigenvalue weighted by Gasteiger charge is -2.20. The molecule has 0 radical (unpaired) electrons. The molecule has 0 aliphatic heterocycles. The van der Waals surface area contributed by atoms with Crippen molar-refractivity contribution in [1.82, 2.24) is 10.3 Å². The molecule has 1 N–H and O–H groups in total. The van der Waals surface area contributed by atoms with Crippen LogP contribution in [0.5, 0.6) is 5.75 Å². The number of esters is 1. The maximum Gasteiger partial charge on any atom is 0.407 e. The SMILES string of the molecule is COC(=O)c1cncc(-c2ccc(OC)c(CNC(=O)OC(C)(C)C)c2)c1. The normalized spacial score (nSPS) is 10.9. The molecule has 1 aromatic carbocycles. The van der Waals surface area contributed by atoms with Gasteiger partial charge in [-0.3, -0.25) is 4.98 Å². The van der Waals surface area contributed by atoms with Crippen LogP contribution in [-0.2, 0) is 16.0 Å².